The third kappa shape index (κ3) is 2.43. The number of aliphatic hydroxyl groups excluding tert-OH is 1. The molecule has 0 atom stereocenters. The Morgan fingerprint density at radius 3 is 2.53 bits per heavy atom. The van der Waals surface area contributed by atoms with Crippen LogP contribution in [0.3, 0.4) is 0 Å². The summed E-state index contributed by atoms with van der Waals surface area (Å²) >= 11 is 3.66. The summed E-state index contributed by atoms with van der Waals surface area (Å²) < 4.78 is 3.11. The number of aryl methyl sites for hydroxylation is 2. The smallest absolute Gasteiger partial charge is 0.0766 e. The van der Waals surface area contributed by atoms with E-state index in [9.17, 15) is 5.11 Å². The molecule has 1 aromatic heterocycles. The summed E-state index contributed by atoms with van der Waals surface area (Å²) in [6.45, 7) is 2.42. The fraction of sp³-hybridized carbons (Fsp3) is 0.769. The average molecular weight is 301 g/mol. The van der Waals surface area contributed by atoms with Gasteiger partial charge in [0, 0.05) is 13.7 Å². The molecule has 0 aliphatic heterocycles. The van der Waals surface area contributed by atoms with Gasteiger partial charge in [-0.1, -0.05) is 19.8 Å². The molecule has 2 rings (SSSR count). The van der Waals surface area contributed by atoms with E-state index in [1.54, 1.807) is 0 Å². The predicted octanol–water partition coefficient (Wildman–Crippen LogP) is 2.84. The van der Waals surface area contributed by atoms with Gasteiger partial charge in [-0.25, -0.2) is 0 Å². The molecule has 1 aliphatic carbocycles. The number of aliphatic hydroxyl groups is 1. The minimum Gasteiger partial charge on any atom is -0.396 e. The Hall–Kier alpha value is -0.350. The van der Waals surface area contributed by atoms with Gasteiger partial charge in [-0.05, 0) is 47.0 Å². The van der Waals surface area contributed by atoms with Crippen molar-refractivity contribution in [3.8, 4) is 0 Å². The van der Waals surface area contributed by atoms with Crippen LogP contribution in [0.2, 0.25) is 0 Å². The molecule has 3 nitrogen and oxygen atoms in total. The molecule has 0 amide bonds. The highest BCUT2D eigenvalue weighted by Gasteiger charge is 2.35. The van der Waals surface area contributed by atoms with Crippen molar-refractivity contribution in [1.82, 2.24) is 9.78 Å². The molecule has 1 N–H and O–H groups in total. The van der Waals surface area contributed by atoms with E-state index < -0.39 is 0 Å². The van der Waals surface area contributed by atoms with E-state index in [4.69, 9.17) is 0 Å². The van der Waals surface area contributed by atoms with Gasteiger partial charge in [-0.2, -0.15) is 5.10 Å². The number of rotatable bonds is 4. The van der Waals surface area contributed by atoms with Crippen LogP contribution in [-0.4, -0.2) is 21.5 Å². The zero-order chi connectivity index (χ0) is 12.5. The summed E-state index contributed by atoms with van der Waals surface area (Å²) in [5.41, 5.74) is 2.45. The zero-order valence-corrected chi connectivity index (χ0v) is 12.3. The van der Waals surface area contributed by atoms with Gasteiger partial charge in [0.1, 0.15) is 0 Å². The molecule has 4 heteroatoms. The van der Waals surface area contributed by atoms with Crippen LogP contribution in [0.5, 0.6) is 0 Å². The van der Waals surface area contributed by atoms with Crippen molar-refractivity contribution in [2.45, 2.75) is 45.4 Å². The SMILES string of the molecule is CCc1nn(C)c(CC2(CO)CCCC2)c1Br. The molecule has 1 saturated carbocycles. The number of hydrogen-bond acceptors (Lipinski definition) is 2. The maximum absolute atomic E-state index is 9.68. The van der Waals surface area contributed by atoms with Gasteiger partial charge in [0.15, 0.2) is 0 Å². The second-order valence-electron chi connectivity index (χ2n) is 5.23. The zero-order valence-electron chi connectivity index (χ0n) is 10.7. The molecule has 1 aromatic rings. The van der Waals surface area contributed by atoms with E-state index in [0.717, 1.165) is 35.8 Å². The van der Waals surface area contributed by atoms with Crippen LogP contribution in [0.4, 0.5) is 0 Å². The number of halogens is 1. The summed E-state index contributed by atoms with van der Waals surface area (Å²) in [5, 5.41) is 14.2. The van der Waals surface area contributed by atoms with E-state index in [1.165, 1.54) is 18.5 Å². The Kier molecular flexibility index (Phi) is 3.93. The minimum absolute atomic E-state index is 0.0985. The first-order valence-electron chi connectivity index (χ1n) is 6.43. The summed E-state index contributed by atoms with van der Waals surface area (Å²) in [7, 11) is 2.00. The highest BCUT2D eigenvalue weighted by Crippen LogP contribution is 2.41. The molecular weight excluding hydrogens is 280 g/mol. The first-order valence-corrected chi connectivity index (χ1v) is 7.22. The lowest BCUT2D eigenvalue weighted by atomic mass is 9.82. The van der Waals surface area contributed by atoms with Crippen molar-refractivity contribution < 1.29 is 5.11 Å². The van der Waals surface area contributed by atoms with Crippen molar-refractivity contribution in [3.63, 3.8) is 0 Å². The molecule has 1 heterocycles. The van der Waals surface area contributed by atoms with Gasteiger partial charge in [0.2, 0.25) is 0 Å². The van der Waals surface area contributed by atoms with Crippen molar-refractivity contribution >= 4 is 15.9 Å². The van der Waals surface area contributed by atoms with Crippen molar-refractivity contribution in [1.29, 1.82) is 0 Å². The van der Waals surface area contributed by atoms with Gasteiger partial charge < -0.3 is 5.11 Å². The molecule has 0 unspecified atom stereocenters. The fourth-order valence-corrected chi connectivity index (χ4v) is 3.64. The van der Waals surface area contributed by atoms with Crippen LogP contribution in [0, 0.1) is 5.41 Å². The molecule has 1 aliphatic rings. The van der Waals surface area contributed by atoms with Gasteiger partial charge >= 0.3 is 0 Å². The quantitative estimate of drug-likeness (QED) is 0.928. The maximum atomic E-state index is 9.68. The van der Waals surface area contributed by atoms with Gasteiger partial charge in [0.05, 0.1) is 15.9 Å². The standard InChI is InChI=1S/C13H21BrN2O/c1-3-10-12(14)11(16(2)15-10)8-13(9-17)6-4-5-7-13/h17H,3-9H2,1-2H3. The third-order valence-corrected chi connectivity index (χ3v) is 4.96. The van der Waals surface area contributed by atoms with Crippen LogP contribution in [-0.2, 0) is 19.9 Å². The predicted molar refractivity (Wildman–Crippen MR) is 72.0 cm³/mol. The van der Waals surface area contributed by atoms with Crippen molar-refractivity contribution in [2.75, 3.05) is 6.61 Å². The largest absolute Gasteiger partial charge is 0.396 e. The number of hydrogen-bond donors (Lipinski definition) is 1. The normalized spacial score (nSPS) is 18.8. The van der Waals surface area contributed by atoms with E-state index in [-0.39, 0.29) is 5.41 Å². The van der Waals surface area contributed by atoms with E-state index >= 15 is 0 Å². The van der Waals surface area contributed by atoms with Crippen LogP contribution in [0.25, 0.3) is 0 Å². The maximum Gasteiger partial charge on any atom is 0.0766 e. The first-order chi connectivity index (χ1) is 8.12. The summed E-state index contributed by atoms with van der Waals surface area (Å²) in [6.07, 6.45) is 6.66. The van der Waals surface area contributed by atoms with E-state index in [0.29, 0.717) is 6.61 Å². The first kappa shape index (κ1) is 13.1. The van der Waals surface area contributed by atoms with Gasteiger partial charge in [-0.15, -0.1) is 0 Å². The van der Waals surface area contributed by atoms with E-state index in [2.05, 4.69) is 28.0 Å². The van der Waals surface area contributed by atoms with Crippen molar-refractivity contribution in [3.05, 3.63) is 15.9 Å². The summed E-state index contributed by atoms with van der Waals surface area (Å²) in [6, 6.07) is 0. The highest BCUT2D eigenvalue weighted by atomic mass is 79.9. The second-order valence-corrected chi connectivity index (χ2v) is 6.02. The minimum atomic E-state index is 0.0985. The van der Waals surface area contributed by atoms with Gasteiger partial charge in [-0.3, -0.25) is 4.68 Å². The summed E-state index contributed by atoms with van der Waals surface area (Å²) in [4.78, 5) is 0. The molecule has 17 heavy (non-hydrogen) atoms. The van der Waals surface area contributed by atoms with Gasteiger partial charge in [0.25, 0.3) is 0 Å². The molecule has 0 bridgehead atoms. The average Bonchev–Trinajstić information content (AvgIpc) is 2.90. The number of nitrogens with zero attached hydrogens (tertiary/aromatic N) is 2. The second kappa shape index (κ2) is 5.11. The molecule has 96 valence electrons. The highest BCUT2D eigenvalue weighted by molar-refractivity contribution is 9.10. The van der Waals surface area contributed by atoms with Crippen LogP contribution in [0.15, 0.2) is 4.47 Å². The summed E-state index contributed by atoms with van der Waals surface area (Å²) in [5.74, 6) is 0. The lowest BCUT2D eigenvalue weighted by molar-refractivity contribution is 0.128. The number of aromatic nitrogens is 2. The Labute approximate surface area is 111 Å². The monoisotopic (exact) mass is 300 g/mol. The third-order valence-electron chi connectivity index (χ3n) is 4.05. The van der Waals surface area contributed by atoms with E-state index in [1.807, 2.05) is 11.7 Å². The Bertz CT molecular complexity index is 394. The van der Waals surface area contributed by atoms with Crippen LogP contribution >= 0.6 is 15.9 Å². The fourth-order valence-electron chi connectivity index (χ4n) is 2.88. The molecule has 0 saturated heterocycles. The molecule has 0 spiro atoms. The molecule has 1 fully saturated rings. The Balaban J connectivity index is 2.25. The lowest BCUT2D eigenvalue weighted by Gasteiger charge is -2.26. The topological polar surface area (TPSA) is 38.0 Å². The van der Waals surface area contributed by atoms with Crippen LogP contribution < -0.4 is 0 Å². The Morgan fingerprint density at radius 2 is 2.06 bits per heavy atom. The van der Waals surface area contributed by atoms with Crippen LogP contribution in [0.1, 0.15) is 44.0 Å². The molecule has 0 aromatic carbocycles. The Morgan fingerprint density at radius 1 is 1.41 bits per heavy atom. The molecular formula is C13H21BrN2O. The molecule has 0 radical (unpaired) electrons. The lowest BCUT2D eigenvalue weighted by Crippen LogP contribution is -2.25. The van der Waals surface area contributed by atoms with Crippen molar-refractivity contribution in [2.24, 2.45) is 12.5 Å².